The lowest BCUT2D eigenvalue weighted by Gasteiger charge is -2.30. The number of nitrogens with zero attached hydrogens (tertiary/aromatic N) is 1. The third-order valence-corrected chi connectivity index (χ3v) is 3.49. The van der Waals surface area contributed by atoms with Gasteiger partial charge in [0.15, 0.2) is 0 Å². The van der Waals surface area contributed by atoms with Crippen LogP contribution in [0.25, 0.3) is 0 Å². The van der Waals surface area contributed by atoms with Gasteiger partial charge in [0.05, 0.1) is 6.10 Å². The lowest BCUT2D eigenvalue weighted by molar-refractivity contribution is 0.0843. The van der Waals surface area contributed by atoms with Crippen molar-refractivity contribution >= 4 is 6.03 Å². The predicted molar refractivity (Wildman–Crippen MR) is 75.1 cm³/mol. The average molecular weight is 262 g/mol. The smallest absolute Gasteiger partial charge is 0.317 e. The van der Waals surface area contributed by atoms with Crippen molar-refractivity contribution in [3.63, 3.8) is 0 Å². The third-order valence-electron chi connectivity index (χ3n) is 3.49. The first-order valence-corrected chi connectivity index (χ1v) is 6.91. The highest BCUT2D eigenvalue weighted by atomic mass is 16.3. The third kappa shape index (κ3) is 4.24. The lowest BCUT2D eigenvalue weighted by Crippen LogP contribution is -2.47. The van der Waals surface area contributed by atoms with Gasteiger partial charge in [0, 0.05) is 19.6 Å². The van der Waals surface area contributed by atoms with E-state index >= 15 is 0 Å². The molecule has 0 radical (unpaired) electrons. The highest BCUT2D eigenvalue weighted by molar-refractivity contribution is 5.74. The summed E-state index contributed by atoms with van der Waals surface area (Å²) in [7, 11) is 0. The maximum absolute atomic E-state index is 11.9. The topological polar surface area (TPSA) is 52.6 Å². The molecule has 2 rings (SSSR count). The van der Waals surface area contributed by atoms with Gasteiger partial charge in [0.25, 0.3) is 0 Å². The molecule has 104 valence electrons. The number of aliphatic hydroxyl groups is 1. The second-order valence-corrected chi connectivity index (χ2v) is 5.21. The van der Waals surface area contributed by atoms with Crippen LogP contribution in [0.3, 0.4) is 0 Å². The minimum absolute atomic E-state index is 0.0640. The summed E-state index contributed by atoms with van der Waals surface area (Å²) in [5, 5.41) is 12.4. The van der Waals surface area contributed by atoms with Crippen molar-refractivity contribution in [1.29, 1.82) is 0 Å². The van der Waals surface area contributed by atoms with Gasteiger partial charge in [-0.1, -0.05) is 29.8 Å². The molecule has 0 saturated carbocycles. The van der Waals surface area contributed by atoms with E-state index in [0.29, 0.717) is 13.1 Å². The number of β-amino-alcohol motifs (C(OH)–C–C–N with tert-alkyl or cyclic N) is 1. The van der Waals surface area contributed by atoms with Gasteiger partial charge >= 0.3 is 6.03 Å². The van der Waals surface area contributed by atoms with Crippen molar-refractivity contribution in [3.05, 3.63) is 35.4 Å². The van der Waals surface area contributed by atoms with E-state index in [1.807, 2.05) is 0 Å². The van der Waals surface area contributed by atoms with E-state index < -0.39 is 0 Å². The summed E-state index contributed by atoms with van der Waals surface area (Å²) in [4.78, 5) is 13.6. The number of benzene rings is 1. The first kappa shape index (κ1) is 13.9. The zero-order valence-electron chi connectivity index (χ0n) is 11.4. The lowest BCUT2D eigenvalue weighted by atomic mass is 10.1. The number of hydrogen-bond acceptors (Lipinski definition) is 2. The van der Waals surface area contributed by atoms with Gasteiger partial charge in [-0.05, 0) is 31.7 Å². The van der Waals surface area contributed by atoms with Crippen LogP contribution in [0.5, 0.6) is 0 Å². The van der Waals surface area contributed by atoms with Crippen molar-refractivity contribution in [2.45, 2.75) is 32.3 Å². The molecule has 19 heavy (non-hydrogen) atoms. The first-order chi connectivity index (χ1) is 9.15. The number of nitrogens with one attached hydrogen (secondary N) is 1. The van der Waals surface area contributed by atoms with Crippen molar-refractivity contribution in [1.82, 2.24) is 10.2 Å². The summed E-state index contributed by atoms with van der Waals surface area (Å²) >= 11 is 0. The minimum Gasteiger partial charge on any atom is -0.391 e. The highest BCUT2D eigenvalue weighted by Crippen LogP contribution is 2.09. The summed E-state index contributed by atoms with van der Waals surface area (Å²) in [6, 6.07) is 8.28. The van der Waals surface area contributed by atoms with Gasteiger partial charge in [-0.3, -0.25) is 0 Å². The molecule has 2 amide bonds. The second-order valence-electron chi connectivity index (χ2n) is 5.21. The fourth-order valence-electron chi connectivity index (χ4n) is 2.32. The standard InChI is InChI=1S/C15H22N2O2/c1-12-4-6-13(7-5-12)8-9-16-15(19)17-10-2-3-14(18)11-17/h4-7,14,18H,2-3,8-11H2,1H3,(H,16,19). The Kier molecular flexibility index (Phi) is 4.80. The molecular weight excluding hydrogens is 240 g/mol. The predicted octanol–water partition coefficient (Wildman–Crippen LogP) is 1.70. The molecule has 1 atom stereocenters. The maximum atomic E-state index is 11.9. The molecule has 0 spiro atoms. The van der Waals surface area contributed by atoms with Gasteiger partial charge in [-0.15, -0.1) is 0 Å². The minimum atomic E-state index is -0.364. The van der Waals surface area contributed by atoms with Gasteiger partial charge in [0.1, 0.15) is 0 Å². The summed E-state index contributed by atoms with van der Waals surface area (Å²) in [5.41, 5.74) is 2.47. The SMILES string of the molecule is Cc1ccc(CCNC(=O)N2CCCC(O)C2)cc1. The van der Waals surface area contributed by atoms with Crippen LogP contribution < -0.4 is 5.32 Å². The normalized spacial score (nSPS) is 19.3. The Bertz CT molecular complexity index is 417. The number of likely N-dealkylation sites (tertiary alicyclic amines) is 1. The van der Waals surface area contributed by atoms with E-state index in [4.69, 9.17) is 0 Å². The molecule has 0 aliphatic carbocycles. The number of carbonyl (C=O) groups excluding carboxylic acids is 1. The van der Waals surface area contributed by atoms with Crippen LogP contribution in [-0.2, 0) is 6.42 Å². The molecule has 4 nitrogen and oxygen atoms in total. The van der Waals surface area contributed by atoms with Crippen LogP contribution >= 0.6 is 0 Å². The number of hydrogen-bond donors (Lipinski definition) is 2. The van der Waals surface area contributed by atoms with E-state index in [-0.39, 0.29) is 12.1 Å². The van der Waals surface area contributed by atoms with Crippen LogP contribution in [0.4, 0.5) is 4.79 Å². The van der Waals surface area contributed by atoms with Gasteiger partial charge in [0.2, 0.25) is 0 Å². The van der Waals surface area contributed by atoms with Gasteiger partial charge in [-0.25, -0.2) is 4.79 Å². The average Bonchev–Trinajstić information content (AvgIpc) is 2.41. The molecular formula is C15H22N2O2. The Morgan fingerprint density at radius 2 is 2.16 bits per heavy atom. The zero-order chi connectivity index (χ0) is 13.7. The van der Waals surface area contributed by atoms with Crippen molar-refractivity contribution in [3.8, 4) is 0 Å². The number of carbonyl (C=O) groups is 1. The number of urea groups is 1. The molecule has 1 heterocycles. The van der Waals surface area contributed by atoms with E-state index in [0.717, 1.165) is 25.8 Å². The number of amides is 2. The first-order valence-electron chi connectivity index (χ1n) is 6.91. The molecule has 1 saturated heterocycles. The van der Waals surface area contributed by atoms with Crippen LogP contribution in [0.15, 0.2) is 24.3 Å². The molecule has 4 heteroatoms. The summed E-state index contributed by atoms with van der Waals surface area (Å²) in [6.45, 7) is 3.89. The van der Waals surface area contributed by atoms with Crippen LogP contribution in [-0.4, -0.2) is 41.8 Å². The van der Waals surface area contributed by atoms with Gasteiger partial charge in [-0.2, -0.15) is 0 Å². The molecule has 0 aromatic heterocycles. The second kappa shape index (κ2) is 6.57. The maximum Gasteiger partial charge on any atom is 0.317 e. The zero-order valence-corrected chi connectivity index (χ0v) is 11.4. The Balaban J connectivity index is 1.73. The van der Waals surface area contributed by atoms with Gasteiger partial charge < -0.3 is 15.3 Å². The van der Waals surface area contributed by atoms with Crippen molar-refractivity contribution in [2.75, 3.05) is 19.6 Å². The summed E-state index contributed by atoms with van der Waals surface area (Å²) in [6.07, 6.45) is 2.15. The Labute approximate surface area is 114 Å². The van der Waals surface area contributed by atoms with E-state index in [9.17, 15) is 9.90 Å². The monoisotopic (exact) mass is 262 g/mol. The van der Waals surface area contributed by atoms with Crippen molar-refractivity contribution in [2.24, 2.45) is 0 Å². The number of rotatable bonds is 3. The molecule has 1 aromatic carbocycles. The highest BCUT2D eigenvalue weighted by Gasteiger charge is 2.21. The Morgan fingerprint density at radius 3 is 2.84 bits per heavy atom. The number of aliphatic hydroxyl groups excluding tert-OH is 1. The Hall–Kier alpha value is -1.55. The number of aryl methyl sites for hydroxylation is 1. The summed E-state index contributed by atoms with van der Waals surface area (Å²) in [5.74, 6) is 0. The van der Waals surface area contributed by atoms with E-state index in [2.05, 4.69) is 36.5 Å². The fraction of sp³-hybridized carbons (Fsp3) is 0.533. The van der Waals surface area contributed by atoms with Crippen LogP contribution in [0.2, 0.25) is 0 Å². The molecule has 1 fully saturated rings. The van der Waals surface area contributed by atoms with Crippen LogP contribution in [0.1, 0.15) is 24.0 Å². The van der Waals surface area contributed by atoms with E-state index in [1.54, 1.807) is 4.90 Å². The van der Waals surface area contributed by atoms with Crippen molar-refractivity contribution < 1.29 is 9.90 Å². The molecule has 1 aliphatic rings. The molecule has 1 aliphatic heterocycles. The molecule has 1 unspecified atom stereocenters. The number of piperidine rings is 1. The molecule has 0 bridgehead atoms. The molecule has 1 aromatic rings. The quantitative estimate of drug-likeness (QED) is 0.871. The largest absolute Gasteiger partial charge is 0.391 e. The Morgan fingerprint density at radius 1 is 1.42 bits per heavy atom. The van der Waals surface area contributed by atoms with E-state index in [1.165, 1.54) is 11.1 Å². The van der Waals surface area contributed by atoms with Crippen LogP contribution in [0, 0.1) is 6.92 Å². The fourth-order valence-corrected chi connectivity index (χ4v) is 2.32. The summed E-state index contributed by atoms with van der Waals surface area (Å²) < 4.78 is 0. The molecule has 2 N–H and O–H groups in total.